The number of hydrogen-bond donors (Lipinski definition) is 4. The van der Waals surface area contributed by atoms with Gasteiger partial charge in [0.25, 0.3) is 0 Å². The summed E-state index contributed by atoms with van der Waals surface area (Å²) in [6, 6.07) is 0. The molecule has 4 atom stereocenters. The molecule has 0 aliphatic carbocycles. The van der Waals surface area contributed by atoms with Crippen molar-refractivity contribution < 1.29 is 19.7 Å². The first kappa shape index (κ1) is 13.0. The van der Waals surface area contributed by atoms with Gasteiger partial charge in [-0.05, 0) is 0 Å². The quantitative estimate of drug-likeness (QED) is 0.470. The van der Waals surface area contributed by atoms with Crippen LogP contribution in [0.2, 0.25) is 0 Å². The summed E-state index contributed by atoms with van der Waals surface area (Å²) in [5.74, 6) is -0.189. The molecule has 1 aliphatic rings. The van der Waals surface area contributed by atoms with Crippen LogP contribution in [0.1, 0.15) is 23.6 Å². The molecule has 0 bridgehead atoms. The molecule has 1 fully saturated rings. The summed E-state index contributed by atoms with van der Waals surface area (Å²) >= 11 is 0. The maximum absolute atomic E-state index is 11.2. The lowest BCUT2D eigenvalue weighted by Gasteiger charge is -2.17. The Balaban J connectivity index is 2.30. The Bertz CT molecular complexity index is 461. The Morgan fingerprint density at radius 3 is 2.67 bits per heavy atom. The van der Waals surface area contributed by atoms with E-state index in [9.17, 15) is 15.0 Å². The molecule has 8 heteroatoms. The average molecular weight is 256 g/mol. The molecule has 100 valence electrons. The number of anilines is 1. The monoisotopic (exact) mass is 256 g/mol. The van der Waals surface area contributed by atoms with Crippen molar-refractivity contribution in [2.75, 3.05) is 12.3 Å². The topological polar surface area (TPSA) is 137 Å². The molecule has 1 aromatic heterocycles. The molecular formula is C10H16N4O4. The van der Waals surface area contributed by atoms with Crippen LogP contribution < -0.4 is 11.5 Å². The Hall–Kier alpha value is -1.48. The number of carbonyl (C=O) groups excluding carboxylic acids is 1. The number of aromatic nitrogens is 2. The zero-order valence-corrected chi connectivity index (χ0v) is 9.85. The Labute approximate surface area is 103 Å². The Morgan fingerprint density at radius 2 is 2.22 bits per heavy atom. The van der Waals surface area contributed by atoms with Crippen molar-refractivity contribution >= 4 is 11.6 Å². The van der Waals surface area contributed by atoms with E-state index in [-0.39, 0.29) is 23.8 Å². The van der Waals surface area contributed by atoms with E-state index in [4.69, 9.17) is 16.2 Å². The van der Waals surface area contributed by atoms with Crippen LogP contribution in [-0.4, -0.2) is 50.4 Å². The summed E-state index contributed by atoms with van der Waals surface area (Å²) in [7, 11) is 0. The van der Waals surface area contributed by atoms with Gasteiger partial charge in [-0.15, -0.1) is 0 Å². The third kappa shape index (κ3) is 1.89. The summed E-state index contributed by atoms with van der Waals surface area (Å²) in [6.07, 6.45) is -2.54. The highest BCUT2D eigenvalue weighted by Gasteiger charge is 2.43. The van der Waals surface area contributed by atoms with E-state index < -0.39 is 24.5 Å². The van der Waals surface area contributed by atoms with Crippen molar-refractivity contribution in [1.29, 1.82) is 0 Å². The molecule has 2 heterocycles. The summed E-state index contributed by atoms with van der Waals surface area (Å²) in [4.78, 5) is 15.1. The molecule has 0 saturated carbocycles. The first-order valence-electron chi connectivity index (χ1n) is 5.52. The first-order valence-corrected chi connectivity index (χ1v) is 5.52. The Kier molecular flexibility index (Phi) is 3.35. The predicted molar refractivity (Wildman–Crippen MR) is 61.6 cm³/mol. The lowest BCUT2D eigenvalue weighted by atomic mass is 10.1. The van der Waals surface area contributed by atoms with Crippen molar-refractivity contribution in [3.05, 3.63) is 12.0 Å². The van der Waals surface area contributed by atoms with E-state index >= 15 is 0 Å². The largest absolute Gasteiger partial charge is 0.387 e. The summed E-state index contributed by atoms with van der Waals surface area (Å²) in [5, 5.41) is 19.6. The molecule has 1 aliphatic heterocycles. The molecule has 0 aromatic carbocycles. The van der Waals surface area contributed by atoms with Gasteiger partial charge in [0.2, 0.25) is 0 Å². The zero-order valence-electron chi connectivity index (χ0n) is 9.85. The minimum Gasteiger partial charge on any atom is -0.387 e. The highest BCUT2D eigenvalue weighted by atomic mass is 16.6. The smallest absolute Gasteiger partial charge is 0.181 e. The van der Waals surface area contributed by atoms with Crippen LogP contribution in [0.5, 0.6) is 0 Å². The fourth-order valence-electron chi connectivity index (χ4n) is 2.00. The van der Waals surface area contributed by atoms with Crippen LogP contribution in [0.3, 0.4) is 0 Å². The van der Waals surface area contributed by atoms with Crippen molar-refractivity contribution in [2.45, 2.75) is 31.5 Å². The fraction of sp³-hybridized carbons (Fsp3) is 0.600. The standard InChI is InChI=1S/C10H16N4O4/c1-4(15)6-9(12)14(3-13-6)10-8(17)7(16)5(2-11)18-10/h3,5,7-8,10,16-17H,2,11-12H2,1H3/t5-,7-,8-,10-/m1/s1. The maximum atomic E-state index is 11.2. The van der Waals surface area contributed by atoms with E-state index in [2.05, 4.69) is 4.98 Å². The second kappa shape index (κ2) is 4.65. The van der Waals surface area contributed by atoms with Gasteiger partial charge in [0, 0.05) is 13.5 Å². The Morgan fingerprint density at radius 1 is 1.56 bits per heavy atom. The molecule has 1 aromatic rings. The molecule has 6 N–H and O–H groups in total. The van der Waals surface area contributed by atoms with Gasteiger partial charge in [0.05, 0.1) is 6.33 Å². The minimum atomic E-state index is -1.17. The van der Waals surface area contributed by atoms with E-state index in [0.29, 0.717) is 0 Å². The predicted octanol–water partition coefficient (Wildman–Crippen LogP) is -1.75. The summed E-state index contributed by atoms with van der Waals surface area (Å²) in [5.41, 5.74) is 11.3. The number of aliphatic hydroxyl groups is 2. The highest BCUT2D eigenvalue weighted by molar-refractivity contribution is 5.96. The molecule has 0 radical (unpaired) electrons. The van der Waals surface area contributed by atoms with Crippen LogP contribution in [-0.2, 0) is 4.74 Å². The van der Waals surface area contributed by atoms with E-state index in [1.54, 1.807) is 0 Å². The van der Waals surface area contributed by atoms with Crippen molar-refractivity contribution in [1.82, 2.24) is 9.55 Å². The van der Waals surface area contributed by atoms with E-state index in [0.717, 1.165) is 0 Å². The third-order valence-corrected chi connectivity index (χ3v) is 3.01. The summed E-state index contributed by atoms with van der Waals surface area (Å²) in [6.45, 7) is 1.41. The zero-order chi connectivity index (χ0) is 13.4. The van der Waals surface area contributed by atoms with Gasteiger partial charge < -0.3 is 26.4 Å². The number of imidazole rings is 1. The number of hydrogen-bond acceptors (Lipinski definition) is 7. The second-order valence-corrected chi connectivity index (χ2v) is 4.22. The van der Waals surface area contributed by atoms with Crippen LogP contribution >= 0.6 is 0 Å². The van der Waals surface area contributed by atoms with Crippen molar-refractivity contribution in [2.24, 2.45) is 5.73 Å². The number of nitrogens with two attached hydrogens (primary N) is 2. The van der Waals surface area contributed by atoms with Crippen LogP contribution in [0.15, 0.2) is 6.33 Å². The van der Waals surface area contributed by atoms with Gasteiger partial charge in [-0.2, -0.15) is 0 Å². The number of nitrogen functional groups attached to an aromatic ring is 1. The lowest BCUT2D eigenvalue weighted by molar-refractivity contribution is -0.0330. The van der Waals surface area contributed by atoms with Crippen LogP contribution in [0, 0.1) is 0 Å². The van der Waals surface area contributed by atoms with Gasteiger partial charge in [-0.3, -0.25) is 9.36 Å². The number of ketones is 1. The van der Waals surface area contributed by atoms with Gasteiger partial charge in [-0.25, -0.2) is 4.98 Å². The molecule has 8 nitrogen and oxygen atoms in total. The number of carbonyl (C=O) groups is 1. The molecule has 18 heavy (non-hydrogen) atoms. The van der Waals surface area contributed by atoms with Gasteiger partial charge in [0.1, 0.15) is 29.8 Å². The average Bonchev–Trinajstić information content (AvgIpc) is 2.82. The van der Waals surface area contributed by atoms with Crippen molar-refractivity contribution in [3.8, 4) is 0 Å². The lowest BCUT2D eigenvalue weighted by Crippen LogP contribution is -2.35. The molecular weight excluding hydrogens is 240 g/mol. The molecule has 2 rings (SSSR count). The van der Waals surface area contributed by atoms with Gasteiger partial charge in [0.15, 0.2) is 12.0 Å². The van der Waals surface area contributed by atoms with Crippen LogP contribution in [0.25, 0.3) is 0 Å². The molecule has 1 saturated heterocycles. The normalized spacial score (nSPS) is 31.8. The molecule has 0 amide bonds. The van der Waals surface area contributed by atoms with Gasteiger partial charge in [-0.1, -0.05) is 0 Å². The second-order valence-electron chi connectivity index (χ2n) is 4.22. The number of rotatable bonds is 3. The van der Waals surface area contributed by atoms with E-state index in [1.807, 2.05) is 0 Å². The molecule has 0 spiro atoms. The first-order chi connectivity index (χ1) is 8.47. The third-order valence-electron chi connectivity index (χ3n) is 3.01. The molecule has 0 unspecified atom stereocenters. The fourth-order valence-corrected chi connectivity index (χ4v) is 2.00. The minimum absolute atomic E-state index is 0.0723. The number of aliphatic hydroxyl groups excluding tert-OH is 2. The number of nitrogens with zero attached hydrogens (tertiary/aromatic N) is 2. The van der Waals surface area contributed by atoms with Crippen molar-refractivity contribution in [3.63, 3.8) is 0 Å². The SMILES string of the molecule is CC(=O)c1ncn([C@@H]2O[C@H](CN)[C@@H](O)[C@H]2O)c1N. The summed E-state index contributed by atoms with van der Waals surface area (Å²) < 4.78 is 6.72. The number of ether oxygens (including phenoxy) is 1. The van der Waals surface area contributed by atoms with E-state index in [1.165, 1.54) is 17.8 Å². The number of Topliss-reactive ketones (excluding diaryl/α,β-unsaturated/α-hetero) is 1. The maximum Gasteiger partial charge on any atom is 0.181 e. The van der Waals surface area contributed by atoms with Crippen LogP contribution in [0.4, 0.5) is 5.82 Å². The van der Waals surface area contributed by atoms with Gasteiger partial charge >= 0.3 is 0 Å². The highest BCUT2D eigenvalue weighted by Crippen LogP contribution is 2.31.